The lowest BCUT2D eigenvalue weighted by atomic mass is 10.2. The second-order valence-corrected chi connectivity index (χ2v) is 7.11. The number of carbonyl (C=O) groups excluding carboxylic acids is 1. The summed E-state index contributed by atoms with van der Waals surface area (Å²) in [6.07, 6.45) is 0. The van der Waals surface area contributed by atoms with Gasteiger partial charge in [-0.05, 0) is 26.5 Å². The average Bonchev–Trinajstić information content (AvgIpc) is 2.15. The number of hydrogen-bond donors (Lipinski definition) is 3. The second kappa shape index (κ2) is 5.05. The van der Waals surface area contributed by atoms with Crippen molar-refractivity contribution in [3.8, 4) is 0 Å². The van der Waals surface area contributed by atoms with Gasteiger partial charge in [0, 0.05) is 13.1 Å². The van der Waals surface area contributed by atoms with Gasteiger partial charge in [0.2, 0.25) is 0 Å². The molecule has 0 aliphatic carbocycles. The van der Waals surface area contributed by atoms with Crippen LogP contribution < -0.4 is 5.32 Å². The maximum Gasteiger partial charge on any atom is 0.348 e. The van der Waals surface area contributed by atoms with Crippen LogP contribution in [-0.2, 0) is 9.53 Å². The van der Waals surface area contributed by atoms with E-state index in [1.165, 1.54) is 0 Å². The first kappa shape index (κ1) is 13.3. The predicted octanol–water partition coefficient (Wildman–Crippen LogP) is 0.979. The highest BCUT2D eigenvalue weighted by Gasteiger charge is 2.35. The molecular formula is C10H19NO4S. The molecule has 1 heterocycles. The van der Waals surface area contributed by atoms with E-state index in [1.807, 2.05) is 0 Å². The fraction of sp³-hybridized carbons (Fsp3) is 0.800. The monoisotopic (exact) mass is 249 g/mol. The standard InChI is InChI=1S/C10H19NO4S/c1-10(2,3)15-9(14)16-5-4-11-6-7(16)8(12)13/h7,11,16H,4-6H2,1-3H3,(H,12,13). The van der Waals surface area contributed by atoms with E-state index in [-0.39, 0.29) is 5.30 Å². The maximum atomic E-state index is 11.8. The highest BCUT2D eigenvalue weighted by molar-refractivity contribution is 8.30. The number of carboxylic acid groups (broad SMARTS) is 1. The molecule has 0 spiro atoms. The number of hydrogen-bond acceptors (Lipinski definition) is 4. The third kappa shape index (κ3) is 3.68. The molecule has 0 amide bonds. The van der Waals surface area contributed by atoms with Crippen molar-refractivity contribution in [3.63, 3.8) is 0 Å². The lowest BCUT2D eigenvalue weighted by Gasteiger charge is -2.33. The summed E-state index contributed by atoms with van der Waals surface area (Å²) in [7, 11) is -1.22. The van der Waals surface area contributed by atoms with E-state index in [0.717, 1.165) is 0 Å². The minimum Gasteiger partial charge on any atom is -0.480 e. The second-order valence-electron chi connectivity index (χ2n) is 4.73. The van der Waals surface area contributed by atoms with Crippen LogP contribution in [0.4, 0.5) is 4.79 Å². The Morgan fingerprint density at radius 2 is 2.06 bits per heavy atom. The molecule has 0 radical (unpaired) electrons. The van der Waals surface area contributed by atoms with Crippen LogP contribution in [-0.4, -0.2) is 46.1 Å². The van der Waals surface area contributed by atoms with Gasteiger partial charge in [0.15, 0.2) is 0 Å². The van der Waals surface area contributed by atoms with Crippen molar-refractivity contribution in [2.75, 3.05) is 18.8 Å². The zero-order valence-electron chi connectivity index (χ0n) is 9.82. The average molecular weight is 249 g/mol. The Labute approximate surface area is 97.9 Å². The van der Waals surface area contributed by atoms with Gasteiger partial charge in [-0.2, -0.15) is 0 Å². The third-order valence-electron chi connectivity index (χ3n) is 2.16. The number of carbonyl (C=O) groups is 2. The number of ether oxygens (including phenoxy) is 1. The molecule has 2 N–H and O–H groups in total. The van der Waals surface area contributed by atoms with Crippen LogP contribution in [0.25, 0.3) is 0 Å². The van der Waals surface area contributed by atoms with E-state index >= 15 is 0 Å². The van der Waals surface area contributed by atoms with Crippen LogP contribution in [0.2, 0.25) is 0 Å². The first-order valence-electron chi connectivity index (χ1n) is 5.24. The lowest BCUT2D eigenvalue weighted by Crippen LogP contribution is -2.43. The van der Waals surface area contributed by atoms with Gasteiger partial charge in [-0.25, -0.2) is 4.79 Å². The maximum absolute atomic E-state index is 11.8. The Morgan fingerprint density at radius 1 is 1.44 bits per heavy atom. The number of rotatable bonds is 1. The summed E-state index contributed by atoms with van der Waals surface area (Å²) in [5, 5.41) is 11.1. The Balaban J connectivity index is 2.68. The number of aliphatic carboxylic acids is 1. The minimum atomic E-state index is -1.22. The number of thiol groups is 1. The van der Waals surface area contributed by atoms with Crippen molar-refractivity contribution >= 4 is 22.2 Å². The number of carboxylic acids is 1. The Bertz CT molecular complexity index is 287. The van der Waals surface area contributed by atoms with Crippen molar-refractivity contribution in [1.29, 1.82) is 0 Å². The molecule has 1 saturated heterocycles. The van der Waals surface area contributed by atoms with E-state index < -0.39 is 27.7 Å². The fourth-order valence-corrected chi connectivity index (χ4v) is 3.62. The van der Waals surface area contributed by atoms with Gasteiger partial charge in [0.1, 0.15) is 10.9 Å². The molecule has 0 aromatic rings. The third-order valence-corrected chi connectivity index (χ3v) is 4.58. The molecule has 0 saturated carbocycles. The van der Waals surface area contributed by atoms with Crippen LogP contribution in [0.1, 0.15) is 20.8 Å². The van der Waals surface area contributed by atoms with Gasteiger partial charge in [0.25, 0.3) is 0 Å². The van der Waals surface area contributed by atoms with Crippen molar-refractivity contribution in [3.05, 3.63) is 0 Å². The molecule has 5 nitrogen and oxygen atoms in total. The van der Waals surface area contributed by atoms with E-state index in [1.54, 1.807) is 20.8 Å². The van der Waals surface area contributed by atoms with E-state index in [4.69, 9.17) is 9.84 Å². The quantitative estimate of drug-likeness (QED) is 0.477. The molecule has 0 aromatic carbocycles. The molecule has 94 valence electrons. The highest BCUT2D eigenvalue weighted by Crippen LogP contribution is 2.36. The van der Waals surface area contributed by atoms with Crippen LogP contribution in [0.5, 0.6) is 0 Å². The van der Waals surface area contributed by atoms with Crippen LogP contribution in [0.15, 0.2) is 0 Å². The van der Waals surface area contributed by atoms with E-state index in [2.05, 4.69) is 5.32 Å². The summed E-state index contributed by atoms with van der Waals surface area (Å²) in [5.41, 5.74) is -0.548. The SMILES string of the molecule is CC(C)(C)OC(=O)[SH]1CCNCC1C(=O)O. The smallest absolute Gasteiger partial charge is 0.348 e. The molecule has 1 fully saturated rings. The molecule has 0 bridgehead atoms. The van der Waals surface area contributed by atoms with E-state index in [9.17, 15) is 9.59 Å². The summed E-state index contributed by atoms with van der Waals surface area (Å²) in [6, 6.07) is 0. The lowest BCUT2D eigenvalue weighted by molar-refractivity contribution is -0.136. The zero-order chi connectivity index (χ0) is 12.3. The molecule has 2 unspecified atom stereocenters. The van der Waals surface area contributed by atoms with E-state index in [0.29, 0.717) is 18.8 Å². The minimum absolute atomic E-state index is 0.337. The Morgan fingerprint density at radius 3 is 2.56 bits per heavy atom. The molecule has 2 atom stereocenters. The molecule has 6 heteroatoms. The Hall–Kier alpha value is -0.750. The first-order valence-corrected chi connectivity index (χ1v) is 6.84. The van der Waals surface area contributed by atoms with Gasteiger partial charge in [-0.3, -0.25) is 4.79 Å². The highest BCUT2D eigenvalue weighted by atomic mass is 32.2. The van der Waals surface area contributed by atoms with Gasteiger partial charge in [-0.15, -0.1) is 10.9 Å². The summed E-state index contributed by atoms with van der Waals surface area (Å²) in [6.45, 7) is 6.42. The summed E-state index contributed by atoms with van der Waals surface area (Å²) in [5.74, 6) is -0.328. The molecule has 1 rings (SSSR count). The zero-order valence-corrected chi connectivity index (χ0v) is 10.7. The molecule has 1 aliphatic rings. The predicted molar refractivity (Wildman–Crippen MR) is 64.4 cm³/mol. The first-order chi connectivity index (χ1) is 7.31. The summed E-state index contributed by atoms with van der Waals surface area (Å²) >= 11 is 0. The fourth-order valence-electron chi connectivity index (χ4n) is 1.46. The van der Waals surface area contributed by atoms with Crippen molar-refractivity contribution in [2.45, 2.75) is 31.6 Å². The van der Waals surface area contributed by atoms with Gasteiger partial charge < -0.3 is 15.2 Å². The topological polar surface area (TPSA) is 75.6 Å². The van der Waals surface area contributed by atoms with Crippen LogP contribution in [0.3, 0.4) is 0 Å². The molecule has 0 aromatic heterocycles. The van der Waals surface area contributed by atoms with Gasteiger partial charge >= 0.3 is 11.3 Å². The normalized spacial score (nSPS) is 28.4. The molecule has 16 heavy (non-hydrogen) atoms. The largest absolute Gasteiger partial charge is 0.480 e. The summed E-state index contributed by atoms with van der Waals surface area (Å²) in [4.78, 5) is 22.8. The van der Waals surface area contributed by atoms with Crippen molar-refractivity contribution in [2.24, 2.45) is 0 Å². The summed E-state index contributed by atoms with van der Waals surface area (Å²) < 4.78 is 5.26. The van der Waals surface area contributed by atoms with Crippen molar-refractivity contribution < 1.29 is 19.4 Å². The van der Waals surface area contributed by atoms with Crippen LogP contribution >= 0.6 is 10.9 Å². The van der Waals surface area contributed by atoms with Gasteiger partial charge in [-0.1, -0.05) is 0 Å². The Kier molecular flexibility index (Phi) is 4.21. The molecular weight excluding hydrogens is 230 g/mol. The number of nitrogens with one attached hydrogen (secondary N) is 1. The van der Waals surface area contributed by atoms with Gasteiger partial charge in [0.05, 0.1) is 0 Å². The molecule has 1 aliphatic heterocycles. The van der Waals surface area contributed by atoms with Crippen LogP contribution in [0, 0.1) is 0 Å². The van der Waals surface area contributed by atoms with Crippen molar-refractivity contribution in [1.82, 2.24) is 5.32 Å².